The first-order valence-corrected chi connectivity index (χ1v) is 8.52. The fourth-order valence-corrected chi connectivity index (χ4v) is 3.82. The molecule has 2 aromatic heterocycles. The fraction of sp³-hybridized carbons (Fsp3) is 0.235. The van der Waals surface area contributed by atoms with Crippen molar-refractivity contribution >= 4 is 33.3 Å². The van der Waals surface area contributed by atoms with E-state index < -0.39 is 5.97 Å². The Bertz CT molecular complexity index is 940. The highest BCUT2D eigenvalue weighted by molar-refractivity contribution is 7.21. The second-order valence-electron chi connectivity index (χ2n) is 5.88. The van der Waals surface area contributed by atoms with E-state index in [4.69, 9.17) is 0 Å². The summed E-state index contributed by atoms with van der Waals surface area (Å²) < 4.78 is 0.898. The van der Waals surface area contributed by atoms with E-state index in [2.05, 4.69) is 15.5 Å². The van der Waals surface area contributed by atoms with Crippen LogP contribution in [0.15, 0.2) is 30.3 Å². The predicted molar refractivity (Wildman–Crippen MR) is 90.5 cm³/mol. The zero-order valence-electron chi connectivity index (χ0n) is 12.7. The molecule has 1 amide bonds. The first-order chi connectivity index (χ1) is 11.6. The van der Waals surface area contributed by atoms with Crippen molar-refractivity contribution in [2.24, 2.45) is 0 Å². The van der Waals surface area contributed by atoms with E-state index >= 15 is 0 Å². The van der Waals surface area contributed by atoms with Crippen LogP contribution in [0, 0.1) is 0 Å². The lowest BCUT2D eigenvalue weighted by Gasteiger charge is -2.04. The summed E-state index contributed by atoms with van der Waals surface area (Å²) in [6.45, 7) is 0.163. The molecule has 0 spiro atoms. The number of aromatic amines is 1. The predicted octanol–water partition coefficient (Wildman–Crippen LogP) is 3.13. The van der Waals surface area contributed by atoms with Crippen LogP contribution in [-0.2, 0) is 6.54 Å². The van der Waals surface area contributed by atoms with Crippen molar-refractivity contribution in [2.75, 3.05) is 0 Å². The van der Waals surface area contributed by atoms with Crippen LogP contribution in [0.2, 0.25) is 0 Å². The van der Waals surface area contributed by atoms with E-state index in [1.165, 1.54) is 11.3 Å². The maximum absolute atomic E-state index is 12.3. The zero-order valence-corrected chi connectivity index (χ0v) is 13.5. The monoisotopic (exact) mass is 341 g/mol. The van der Waals surface area contributed by atoms with Gasteiger partial charge in [-0.1, -0.05) is 18.2 Å². The van der Waals surface area contributed by atoms with Crippen LogP contribution in [0.4, 0.5) is 0 Å². The molecule has 2 heterocycles. The van der Waals surface area contributed by atoms with Gasteiger partial charge in [0.05, 0.1) is 0 Å². The van der Waals surface area contributed by atoms with Crippen LogP contribution < -0.4 is 5.32 Å². The molecule has 0 radical (unpaired) electrons. The minimum absolute atomic E-state index is 0.163. The highest BCUT2D eigenvalue weighted by Crippen LogP contribution is 2.39. The summed E-state index contributed by atoms with van der Waals surface area (Å²) in [7, 11) is 0. The Balaban J connectivity index is 1.56. The molecule has 1 saturated carbocycles. The maximum atomic E-state index is 12.3. The molecule has 0 unspecified atom stereocenters. The number of H-pyrrole nitrogens is 1. The Morgan fingerprint density at radius 1 is 1.33 bits per heavy atom. The van der Waals surface area contributed by atoms with Gasteiger partial charge < -0.3 is 10.4 Å². The summed E-state index contributed by atoms with van der Waals surface area (Å²) in [5, 5.41) is 20.0. The summed E-state index contributed by atoms with van der Waals surface area (Å²) >= 11 is 1.22. The number of benzene rings is 1. The Kier molecular flexibility index (Phi) is 3.57. The number of nitrogens with zero attached hydrogens (tertiary/aromatic N) is 1. The van der Waals surface area contributed by atoms with Gasteiger partial charge in [0.2, 0.25) is 0 Å². The third kappa shape index (κ3) is 2.67. The fourth-order valence-electron chi connectivity index (χ4n) is 2.76. The van der Waals surface area contributed by atoms with Crippen LogP contribution in [0.5, 0.6) is 0 Å². The van der Waals surface area contributed by atoms with Gasteiger partial charge in [-0.05, 0) is 30.4 Å². The molecule has 0 aliphatic heterocycles. The van der Waals surface area contributed by atoms with Gasteiger partial charge in [-0.3, -0.25) is 9.89 Å². The lowest BCUT2D eigenvalue weighted by Crippen LogP contribution is -2.23. The van der Waals surface area contributed by atoms with Crippen molar-refractivity contribution in [2.45, 2.75) is 25.3 Å². The molecular formula is C17H15N3O3S. The molecule has 3 aromatic rings. The molecule has 3 N–H and O–H groups in total. The Labute approximate surface area is 141 Å². The van der Waals surface area contributed by atoms with Gasteiger partial charge in [0.25, 0.3) is 5.91 Å². The van der Waals surface area contributed by atoms with Crippen molar-refractivity contribution in [1.29, 1.82) is 0 Å². The van der Waals surface area contributed by atoms with E-state index in [0.717, 1.165) is 28.6 Å². The normalized spacial score (nSPS) is 14.0. The van der Waals surface area contributed by atoms with Crippen LogP contribution in [-0.4, -0.2) is 27.2 Å². The van der Waals surface area contributed by atoms with Crippen molar-refractivity contribution in [3.05, 3.63) is 52.2 Å². The number of fused-ring (bicyclic) bond motifs is 1. The second-order valence-corrected chi connectivity index (χ2v) is 6.93. The maximum Gasteiger partial charge on any atom is 0.346 e. The summed E-state index contributed by atoms with van der Waals surface area (Å²) in [4.78, 5) is 24.0. The highest BCUT2D eigenvalue weighted by atomic mass is 32.1. The number of hydrogen-bond acceptors (Lipinski definition) is 4. The smallest absolute Gasteiger partial charge is 0.346 e. The zero-order chi connectivity index (χ0) is 16.7. The van der Waals surface area contributed by atoms with Crippen molar-refractivity contribution in [3.63, 3.8) is 0 Å². The van der Waals surface area contributed by atoms with E-state index in [1.54, 1.807) is 6.07 Å². The van der Waals surface area contributed by atoms with Gasteiger partial charge in [0.1, 0.15) is 10.6 Å². The molecular weight excluding hydrogens is 326 g/mol. The average molecular weight is 341 g/mol. The van der Waals surface area contributed by atoms with Gasteiger partial charge in [-0.15, -0.1) is 11.3 Å². The summed E-state index contributed by atoms with van der Waals surface area (Å²) in [6.07, 6.45) is 2.26. The minimum Gasteiger partial charge on any atom is -0.477 e. The molecule has 1 aromatic carbocycles. The minimum atomic E-state index is -0.976. The number of aromatic nitrogens is 2. The summed E-state index contributed by atoms with van der Waals surface area (Å²) in [5.41, 5.74) is 1.97. The molecule has 0 atom stereocenters. The number of thiophene rings is 1. The number of carboxylic acids is 1. The number of nitrogens with one attached hydrogen (secondary N) is 2. The van der Waals surface area contributed by atoms with Gasteiger partial charge >= 0.3 is 5.97 Å². The molecule has 0 bridgehead atoms. The third-order valence-corrected chi connectivity index (χ3v) is 5.37. The first kappa shape index (κ1) is 14.9. The lowest BCUT2D eigenvalue weighted by molar-refractivity contribution is 0.0700. The molecule has 6 nitrogen and oxygen atoms in total. The number of amides is 1. The number of carbonyl (C=O) groups is 2. The second kappa shape index (κ2) is 5.76. The van der Waals surface area contributed by atoms with Gasteiger partial charge in [-0.25, -0.2) is 4.79 Å². The van der Waals surface area contributed by atoms with E-state index in [9.17, 15) is 14.7 Å². The highest BCUT2D eigenvalue weighted by Gasteiger charge is 2.26. The number of carbonyl (C=O) groups excluding carboxylic acids is 1. The molecule has 122 valence electrons. The lowest BCUT2D eigenvalue weighted by atomic mass is 10.1. The van der Waals surface area contributed by atoms with E-state index in [1.807, 2.05) is 24.3 Å². The molecule has 1 aliphatic carbocycles. The molecule has 4 rings (SSSR count). The Morgan fingerprint density at radius 2 is 2.12 bits per heavy atom. The van der Waals surface area contributed by atoms with Crippen LogP contribution in [0.3, 0.4) is 0 Å². The first-order valence-electron chi connectivity index (χ1n) is 7.70. The van der Waals surface area contributed by atoms with Crippen LogP contribution >= 0.6 is 11.3 Å². The molecule has 24 heavy (non-hydrogen) atoms. The van der Waals surface area contributed by atoms with Gasteiger partial charge in [0.15, 0.2) is 0 Å². The summed E-state index contributed by atoms with van der Waals surface area (Å²) in [6, 6.07) is 9.27. The molecule has 0 saturated heterocycles. The third-order valence-electron chi connectivity index (χ3n) is 4.17. The van der Waals surface area contributed by atoms with Crippen molar-refractivity contribution < 1.29 is 14.7 Å². The number of rotatable bonds is 5. The van der Waals surface area contributed by atoms with E-state index in [0.29, 0.717) is 17.2 Å². The largest absolute Gasteiger partial charge is 0.477 e. The number of carboxylic acid groups (broad SMARTS) is 1. The molecule has 1 aliphatic rings. The number of aromatic carboxylic acids is 1. The molecule has 7 heteroatoms. The topological polar surface area (TPSA) is 95.1 Å². The van der Waals surface area contributed by atoms with Crippen LogP contribution in [0.25, 0.3) is 10.1 Å². The summed E-state index contributed by atoms with van der Waals surface area (Å²) in [5.74, 6) is -0.778. The van der Waals surface area contributed by atoms with E-state index in [-0.39, 0.29) is 17.3 Å². The van der Waals surface area contributed by atoms with Crippen LogP contribution in [0.1, 0.15) is 50.2 Å². The van der Waals surface area contributed by atoms with Crippen molar-refractivity contribution in [1.82, 2.24) is 15.5 Å². The molecule has 1 fully saturated rings. The Morgan fingerprint density at radius 3 is 2.88 bits per heavy atom. The average Bonchev–Trinajstić information content (AvgIpc) is 3.19. The van der Waals surface area contributed by atoms with Crippen molar-refractivity contribution in [3.8, 4) is 0 Å². The Hall–Kier alpha value is -2.67. The van der Waals surface area contributed by atoms with Gasteiger partial charge in [0, 0.05) is 28.4 Å². The van der Waals surface area contributed by atoms with Gasteiger partial charge in [-0.2, -0.15) is 5.10 Å². The SMILES string of the molecule is O=C(NCc1c(C(=O)O)sc2ccccc12)c1cc(C2CC2)[nH]n1. The standard InChI is InChI=1S/C17H15N3O3S/c21-16(13-7-12(19-20-13)9-5-6-9)18-8-11-10-3-1-2-4-14(10)24-15(11)17(22)23/h1-4,7,9H,5-6,8H2,(H,18,21)(H,19,20)(H,22,23). The number of hydrogen-bond donors (Lipinski definition) is 3. The quantitative estimate of drug-likeness (QED) is 0.664.